The summed E-state index contributed by atoms with van der Waals surface area (Å²) in [5, 5.41) is 3.35. The number of hydrogen-bond donors (Lipinski definition) is 1. The maximum Gasteiger partial charge on any atom is 0.272 e. The zero-order valence-electron chi connectivity index (χ0n) is 11.8. The summed E-state index contributed by atoms with van der Waals surface area (Å²) in [5.74, 6) is -2.81. The number of hydrogen-bond acceptors (Lipinski definition) is 3. The molecule has 0 saturated carbocycles. The van der Waals surface area contributed by atoms with Gasteiger partial charge in [-0.3, -0.25) is 9.88 Å². The molecule has 2 fully saturated rings. The molecule has 3 heterocycles. The maximum atomic E-state index is 13.1. The quantitative estimate of drug-likeness (QED) is 0.922. The van der Waals surface area contributed by atoms with Crippen molar-refractivity contribution in [2.75, 3.05) is 26.2 Å². The van der Waals surface area contributed by atoms with Gasteiger partial charge < -0.3 is 5.32 Å². The lowest BCUT2D eigenvalue weighted by Gasteiger charge is -2.48. The summed E-state index contributed by atoms with van der Waals surface area (Å²) < 4.78 is 26.2. The number of piperidine rings is 1. The fourth-order valence-corrected chi connectivity index (χ4v) is 3.02. The molecule has 3 rings (SSSR count). The Labute approximate surface area is 118 Å². The average molecular weight is 281 g/mol. The monoisotopic (exact) mass is 281 g/mol. The summed E-state index contributed by atoms with van der Waals surface area (Å²) in [5.41, 5.74) is 1.40. The predicted octanol–water partition coefficient (Wildman–Crippen LogP) is 2.38. The minimum absolute atomic E-state index is 0.0145. The minimum atomic E-state index is -2.81. The van der Waals surface area contributed by atoms with Crippen LogP contribution in [0.1, 0.15) is 31.0 Å². The number of pyridine rings is 1. The van der Waals surface area contributed by atoms with Crippen LogP contribution in [0, 0.1) is 5.41 Å². The molecule has 0 atom stereocenters. The molecule has 5 heteroatoms. The van der Waals surface area contributed by atoms with Gasteiger partial charge >= 0.3 is 0 Å². The van der Waals surface area contributed by atoms with Crippen molar-refractivity contribution in [1.82, 2.24) is 15.2 Å². The Morgan fingerprint density at radius 3 is 2.45 bits per heavy atom. The molecule has 2 aliphatic rings. The van der Waals surface area contributed by atoms with Gasteiger partial charge in [0.05, 0.1) is 5.69 Å². The number of halogens is 2. The van der Waals surface area contributed by atoms with Crippen molar-refractivity contribution in [1.29, 1.82) is 0 Å². The third-order valence-electron chi connectivity index (χ3n) is 4.63. The Bertz CT molecular complexity index is 453. The van der Waals surface area contributed by atoms with Crippen LogP contribution in [0.2, 0.25) is 0 Å². The van der Waals surface area contributed by atoms with E-state index >= 15 is 0 Å². The van der Waals surface area contributed by atoms with Crippen molar-refractivity contribution < 1.29 is 8.78 Å². The highest BCUT2D eigenvalue weighted by Crippen LogP contribution is 2.35. The number of nitrogens with one attached hydrogen (secondary N) is 1. The summed E-state index contributed by atoms with van der Waals surface area (Å²) in [6, 6.07) is 3.21. The van der Waals surface area contributed by atoms with Crippen molar-refractivity contribution in [2.24, 2.45) is 5.41 Å². The first-order valence-corrected chi connectivity index (χ1v) is 7.23. The molecular formula is C15H21F2N3. The van der Waals surface area contributed by atoms with Crippen LogP contribution >= 0.6 is 0 Å². The zero-order chi connectivity index (χ0) is 14.2. The van der Waals surface area contributed by atoms with E-state index in [1.54, 1.807) is 6.07 Å². The van der Waals surface area contributed by atoms with Gasteiger partial charge in [-0.25, -0.2) is 8.78 Å². The van der Waals surface area contributed by atoms with Gasteiger partial charge in [0.25, 0.3) is 5.92 Å². The fraction of sp³-hybridized carbons (Fsp3) is 0.667. The number of alkyl halides is 2. The summed E-state index contributed by atoms with van der Waals surface area (Å²) in [4.78, 5) is 6.55. The van der Waals surface area contributed by atoms with Gasteiger partial charge in [0, 0.05) is 38.3 Å². The van der Waals surface area contributed by atoms with E-state index in [1.807, 2.05) is 0 Å². The van der Waals surface area contributed by atoms with E-state index in [4.69, 9.17) is 0 Å². The molecule has 0 aliphatic carbocycles. The van der Waals surface area contributed by atoms with E-state index in [-0.39, 0.29) is 5.56 Å². The minimum Gasteiger partial charge on any atom is -0.316 e. The first-order valence-electron chi connectivity index (χ1n) is 7.23. The Kier molecular flexibility index (Phi) is 3.50. The van der Waals surface area contributed by atoms with Crippen molar-refractivity contribution in [2.45, 2.75) is 32.2 Å². The smallest absolute Gasteiger partial charge is 0.272 e. The molecule has 0 radical (unpaired) electrons. The second-order valence-electron chi connectivity index (χ2n) is 6.31. The summed E-state index contributed by atoms with van der Waals surface area (Å²) in [6.45, 7) is 6.13. The van der Waals surface area contributed by atoms with Crippen molar-refractivity contribution in [3.8, 4) is 0 Å². The van der Waals surface area contributed by atoms with Crippen LogP contribution in [0.25, 0.3) is 0 Å². The van der Waals surface area contributed by atoms with Gasteiger partial charge in [0.2, 0.25) is 0 Å². The van der Waals surface area contributed by atoms with Crippen LogP contribution in [-0.2, 0) is 12.5 Å². The SMILES string of the molecule is CC(F)(F)c1ccc(CN2CCC3(CC2)CNC3)nc1. The van der Waals surface area contributed by atoms with Gasteiger partial charge in [-0.1, -0.05) is 0 Å². The lowest BCUT2D eigenvalue weighted by molar-refractivity contribution is 0.0170. The molecule has 2 aliphatic heterocycles. The Morgan fingerprint density at radius 1 is 1.30 bits per heavy atom. The third-order valence-corrected chi connectivity index (χ3v) is 4.63. The molecule has 1 aromatic heterocycles. The molecule has 3 nitrogen and oxygen atoms in total. The Hall–Kier alpha value is -1.07. The van der Waals surface area contributed by atoms with E-state index in [9.17, 15) is 8.78 Å². The normalized spacial score (nSPS) is 22.8. The summed E-state index contributed by atoms with van der Waals surface area (Å²) in [7, 11) is 0. The number of likely N-dealkylation sites (tertiary alicyclic amines) is 1. The van der Waals surface area contributed by atoms with E-state index < -0.39 is 5.92 Å². The van der Waals surface area contributed by atoms with E-state index in [0.717, 1.165) is 45.3 Å². The van der Waals surface area contributed by atoms with Crippen LogP contribution in [0.5, 0.6) is 0 Å². The van der Waals surface area contributed by atoms with E-state index in [1.165, 1.54) is 25.1 Å². The second-order valence-corrected chi connectivity index (χ2v) is 6.31. The van der Waals surface area contributed by atoms with Crippen molar-refractivity contribution >= 4 is 0 Å². The van der Waals surface area contributed by atoms with Gasteiger partial charge in [-0.15, -0.1) is 0 Å². The van der Waals surface area contributed by atoms with Gasteiger partial charge in [-0.2, -0.15) is 0 Å². The van der Waals surface area contributed by atoms with Crippen LogP contribution in [0.4, 0.5) is 8.78 Å². The Balaban J connectivity index is 1.56. The predicted molar refractivity (Wildman–Crippen MR) is 73.6 cm³/mol. The lowest BCUT2D eigenvalue weighted by Crippen LogP contribution is -2.58. The molecule has 0 unspecified atom stereocenters. The van der Waals surface area contributed by atoms with Gasteiger partial charge in [0.1, 0.15) is 0 Å². The van der Waals surface area contributed by atoms with Crippen LogP contribution < -0.4 is 5.32 Å². The highest BCUT2D eigenvalue weighted by Gasteiger charge is 2.39. The van der Waals surface area contributed by atoms with E-state index in [2.05, 4.69) is 15.2 Å². The molecular weight excluding hydrogens is 260 g/mol. The molecule has 1 aromatic rings. The third kappa shape index (κ3) is 2.83. The van der Waals surface area contributed by atoms with Gasteiger partial charge in [0.15, 0.2) is 0 Å². The van der Waals surface area contributed by atoms with Gasteiger partial charge in [-0.05, 0) is 43.5 Å². The lowest BCUT2D eigenvalue weighted by atomic mass is 9.73. The number of nitrogens with zero attached hydrogens (tertiary/aromatic N) is 2. The van der Waals surface area contributed by atoms with Crippen molar-refractivity contribution in [3.05, 3.63) is 29.6 Å². The second kappa shape index (κ2) is 5.04. The molecule has 1 N–H and O–H groups in total. The summed E-state index contributed by atoms with van der Waals surface area (Å²) in [6.07, 6.45) is 3.76. The average Bonchev–Trinajstić information content (AvgIpc) is 2.37. The summed E-state index contributed by atoms with van der Waals surface area (Å²) >= 11 is 0. The largest absolute Gasteiger partial charge is 0.316 e. The molecule has 0 aromatic carbocycles. The van der Waals surface area contributed by atoms with E-state index in [0.29, 0.717) is 5.41 Å². The van der Waals surface area contributed by atoms with Crippen LogP contribution in [-0.4, -0.2) is 36.1 Å². The molecule has 2 saturated heterocycles. The maximum absolute atomic E-state index is 13.1. The number of rotatable bonds is 3. The highest BCUT2D eigenvalue weighted by molar-refractivity contribution is 5.18. The topological polar surface area (TPSA) is 28.2 Å². The Morgan fingerprint density at radius 2 is 2.00 bits per heavy atom. The van der Waals surface area contributed by atoms with Crippen LogP contribution in [0.3, 0.4) is 0 Å². The van der Waals surface area contributed by atoms with Crippen LogP contribution in [0.15, 0.2) is 18.3 Å². The molecule has 20 heavy (non-hydrogen) atoms. The van der Waals surface area contributed by atoms with Crippen molar-refractivity contribution in [3.63, 3.8) is 0 Å². The first kappa shape index (κ1) is 13.9. The first-order chi connectivity index (χ1) is 9.47. The molecule has 0 amide bonds. The highest BCUT2D eigenvalue weighted by atomic mass is 19.3. The standard InChI is InChI=1S/C15H21F2N3/c1-14(16,17)12-2-3-13(19-8-12)9-20-6-4-15(5-7-20)10-18-11-15/h2-3,8,18H,4-7,9-11H2,1H3. The zero-order valence-corrected chi connectivity index (χ0v) is 11.8. The molecule has 0 bridgehead atoms. The number of aromatic nitrogens is 1. The molecule has 1 spiro atoms. The molecule has 110 valence electrons. The fourth-order valence-electron chi connectivity index (χ4n) is 3.02.